The van der Waals surface area contributed by atoms with Crippen LogP contribution in [0.5, 0.6) is 11.6 Å². The van der Waals surface area contributed by atoms with E-state index in [4.69, 9.17) is 9.47 Å². The first kappa shape index (κ1) is 15.3. The Hall–Kier alpha value is -2.14. The Balaban J connectivity index is 2.20. The largest absolute Gasteiger partial charge is 0.439 e. The zero-order valence-corrected chi connectivity index (χ0v) is 12.7. The van der Waals surface area contributed by atoms with Crippen LogP contribution in [-0.2, 0) is 17.8 Å². The fourth-order valence-corrected chi connectivity index (χ4v) is 1.90. The monoisotopic (exact) mass is 287 g/mol. The van der Waals surface area contributed by atoms with Crippen LogP contribution in [0.3, 0.4) is 0 Å². The highest BCUT2D eigenvalue weighted by atomic mass is 16.5. The van der Waals surface area contributed by atoms with Crippen molar-refractivity contribution in [2.45, 2.75) is 26.9 Å². The van der Waals surface area contributed by atoms with Gasteiger partial charge in [0.25, 0.3) is 0 Å². The first-order valence-corrected chi connectivity index (χ1v) is 7.12. The molecule has 0 radical (unpaired) electrons. The maximum atomic E-state index is 5.81. The second-order valence-electron chi connectivity index (χ2n) is 4.57. The van der Waals surface area contributed by atoms with Crippen molar-refractivity contribution in [2.24, 2.45) is 0 Å². The van der Waals surface area contributed by atoms with Crippen LogP contribution in [0.25, 0.3) is 0 Å². The molecule has 0 aliphatic rings. The molecule has 1 aromatic carbocycles. The Morgan fingerprint density at radius 1 is 1.10 bits per heavy atom. The van der Waals surface area contributed by atoms with Gasteiger partial charge in [0, 0.05) is 19.7 Å². The van der Waals surface area contributed by atoms with Gasteiger partial charge in [0.05, 0.1) is 0 Å². The lowest BCUT2D eigenvalue weighted by Gasteiger charge is -2.10. The molecule has 0 fully saturated rings. The summed E-state index contributed by atoms with van der Waals surface area (Å²) in [5.74, 6) is 2.60. The Morgan fingerprint density at radius 3 is 2.48 bits per heavy atom. The molecule has 0 saturated heterocycles. The van der Waals surface area contributed by atoms with Crippen molar-refractivity contribution in [1.29, 1.82) is 0 Å². The van der Waals surface area contributed by atoms with Crippen molar-refractivity contribution < 1.29 is 9.47 Å². The number of anilines is 1. The normalized spacial score (nSPS) is 10.4. The van der Waals surface area contributed by atoms with Gasteiger partial charge >= 0.3 is 0 Å². The van der Waals surface area contributed by atoms with E-state index in [-0.39, 0.29) is 0 Å². The van der Waals surface area contributed by atoms with Crippen LogP contribution >= 0.6 is 0 Å². The standard InChI is InChI=1S/C16H21N3O2/c1-4-12-6-8-13(9-7-12)21-16-10-14(17-5-2)18-15(19-16)11-20-3/h6-10H,4-5,11H2,1-3H3,(H,17,18,19). The molecule has 0 atom stereocenters. The summed E-state index contributed by atoms with van der Waals surface area (Å²) in [4.78, 5) is 8.70. The molecule has 0 aliphatic heterocycles. The molecule has 112 valence electrons. The number of methoxy groups -OCH3 is 1. The van der Waals surface area contributed by atoms with E-state index >= 15 is 0 Å². The number of hydrogen-bond acceptors (Lipinski definition) is 5. The lowest BCUT2D eigenvalue weighted by Crippen LogP contribution is -2.05. The van der Waals surface area contributed by atoms with Crippen LogP contribution in [-0.4, -0.2) is 23.6 Å². The number of nitrogens with one attached hydrogen (secondary N) is 1. The highest BCUT2D eigenvalue weighted by Gasteiger charge is 2.06. The average Bonchev–Trinajstić information content (AvgIpc) is 2.48. The van der Waals surface area contributed by atoms with Gasteiger partial charge in [-0.25, -0.2) is 4.98 Å². The number of hydrogen-bond donors (Lipinski definition) is 1. The van der Waals surface area contributed by atoms with Gasteiger partial charge < -0.3 is 14.8 Å². The van der Waals surface area contributed by atoms with Gasteiger partial charge in [-0.15, -0.1) is 0 Å². The van der Waals surface area contributed by atoms with E-state index < -0.39 is 0 Å². The fraction of sp³-hybridized carbons (Fsp3) is 0.375. The lowest BCUT2D eigenvalue weighted by molar-refractivity contribution is 0.177. The molecular weight excluding hydrogens is 266 g/mol. The second kappa shape index (κ2) is 7.59. The van der Waals surface area contributed by atoms with Gasteiger partial charge in [-0.3, -0.25) is 0 Å². The summed E-state index contributed by atoms with van der Waals surface area (Å²) in [7, 11) is 1.62. The molecule has 5 heteroatoms. The first-order chi connectivity index (χ1) is 10.2. The summed E-state index contributed by atoms with van der Waals surface area (Å²) >= 11 is 0. The van der Waals surface area contributed by atoms with Crippen LogP contribution in [0.1, 0.15) is 25.2 Å². The molecule has 5 nitrogen and oxygen atoms in total. The number of aryl methyl sites for hydroxylation is 1. The van der Waals surface area contributed by atoms with Crippen molar-refractivity contribution >= 4 is 5.82 Å². The maximum absolute atomic E-state index is 5.81. The zero-order chi connectivity index (χ0) is 15.1. The van der Waals surface area contributed by atoms with E-state index in [2.05, 4.69) is 34.3 Å². The number of nitrogens with zero attached hydrogens (tertiary/aromatic N) is 2. The molecule has 1 heterocycles. The van der Waals surface area contributed by atoms with Gasteiger partial charge in [-0.2, -0.15) is 4.98 Å². The molecule has 0 bridgehead atoms. The van der Waals surface area contributed by atoms with E-state index in [1.54, 1.807) is 13.2 Å². The minimum Gasteiger partial charge on any atom is -0.439 e. The number of benzene rings is 1. The molecule has 2 rings (SSSR count). The van der Waals surface area contributed by atoms with Gasteiger partial charge in [-0.1, -0.05) is 19.1 Å². The minimum atomic E-state index is 0.352. The van der Waals surface area contributed by atoms with E-state index in [9.17, 15) is 0 Å². The van der Waals surface area contributed by atoms with Gasteiger partial charge in [0.15, 0.2) is 5.82 Å². The van der Waals surface area contributed by atoms with Crippen LogP contribution in [0.2, 0.25) is 0 Å². The summed E-state index contributed by atoms with van der Waals surface area (Å²) in [6, 6.07) is 9.79. The fourth-order valence-electron chi connectivity index (χ4n) is 1.90. The third-order valence-electron chi connectivity index (χ3n) is 2.93. The first-order valence-electron chi connectivity index (χ1n) is 7.12. The summed E-state index contributed by atoms with van der Waals surface area (Å²) in [6.07, 6.45) is 1.01. The highest BCUT2D eigenvalue weighted by molar-refractivity contribution is 5.40. The molecule has 0 saturated carbocycles. The minimum absolute atomic E-state index is 0.352. The van der Waals surface area contributed by atoms with Gasteiger partial charge in [0.1, 0.15) is 18.2 Å². The number of aromatic nitrogens is 2. The third-order valence-corrected chi connectivity index (χ3v) is 2.93. The predicted octanol–water partition coefficient (Wildman–Crippen LogP) is 3.41. The van der Waals surface area contributed by atoms with Crippen molar-refractivity contribution in [2.75, 3.05) is 19.0 Å². The van der Waals surface area contributed by atoms with E-state index in [0.717, 1.165) is 24.5 Å². The quantitative estimate of drug-likeness (QED) is 0.845. The highest BCUT2D eigenvalue weighted by Crippen LogP contribution is 2.22. The van der Waals surface area contributed by atoms with E-state index in [1.165, 1.54) is 5.56 Å². The van der Waals surface area contributed by atoms with Crippen LogP contribution in [0.4, 0.5) is 5.82 Å². The lowest BCUT2D eigenvalue weighted by atomic mass is 10.2. The summed E-state index contributed by atoms with van der Waals surface area (Å²) in [5.41, 5.74) is 1.28. The van der Waals surface area contributed by atoms with Crippen molar-refractivity contribution in [3.63, 3.8) is 0 Å². The van der Waals surface area contributed by atoms with Crippen LogP contribution in [0.15, 0.2) is 30.3 Å². The molecule has 0 spiro atoms. The molecule has 2 aromatic rings. The Morgan fingerprint density at radius 2 is 1.86 bits per heavy atom. The molecule has 0 amide bonds. The third kappa shape index (κ3) is 4.43. The zero-order valence-electron chi connectivity index (χ0n) is 12.7. The van der Waals surface area contributed by atoms with Crippen LogP contribution < -0.4 is 10.1 Å². The Bertz CT molecular complexity index is 546. The van der Waals surface area contributed by atoms with Gasteiger partial charge in [-0.05, 0) is 31.0 Å². The number of rotatable bonds is 7. The molecular formula is C16H21N3O2. The molecule has 1 aromatic heterocycles. The Kier molecular flexibility index (Phi) is 5.51. The van der Waals surface area contributed by atoms with Gasteiger partial charge in [0.2, 0.25) is 5.88 Å². The van der Waals surface area contributed by atoms with E-state index in [1.807, 2.05) is 19.1 Å². The summed E-state index contributed by atoms with van der Waals surface area (Å²) in [5, 5.41) is 3.16. The second-order valence-corrected chi connectivity index (χ2v) is 4.57. The Labute approximate surface area is 125 Å². The molecule has 0 unspecified atom stereocenters. The van der Waals surface area contributed by atoms with Crippen molar-refractivity contribution in [1.82, 2.24) is 9.97 Å². The van der Waals surface area contributed by atoms with Crippen LogP contribution in [0, 0.1) is 0 Å². The molecule has 0 aliphatic carbocycles. The summed E-state index contributed by atoms with van der Waals surface area (Å²) < 4.78 is 10.9. The smallest absolute Gasteiger partial charge is 0.224 e. The SMILES string of the molecule is CCNc1cc(Oc2ccc(CC)cc2)nc(COC)n1. The molecule has 21 heavy (non-hydrogen) atoms. The van der Waals surface area contributed by atoms with Crippen molar-refractivity contribution in [3.8, 4) is 11.6 Å². The molecule has 1 N–H and O–H groups in total. The number of ether oxygens (including phenoxy) is 2. The maximum Gasteiger partial charge on any atom is 0.224 e. The predicted molar refractivity (Wildman–Crippen MR) is 82.8 cm³/mol. The average molecular weight is 287 g/mol. The van der Waals surface area contributed by atoms with E-state index in [0.29, 0.717) is 18.3 Å². The summed E-state index contributed by atoms with van der Waals surface area (Å²) in [6.45, 7) is 5.28. The van der Waals surface area contributed by atoms with Crippen molar-refractivity contribution in [3.05, 3.63) is 41.7 Å². The topological polar surface area (TPSA) is 56.3 Å².